The van der Waals surface area contributed by atoms with Gasteiger partial charge in [0, 0.05) is 16.7 Å². The summed E-state index contributed by atoms with van der Waals surface area (Å²) in [6, 6.07) is 4.94. The van der Waals surface area contributed by atoms with Crippen molar-refractivity contribution in [1.82, 2.24) is 4.90 Å². The summed E-state index contributed by atoms with van der Waals surface area (Å²) < 4.78 is 5.62. The number of esters is 1. The average molecular weight is 389 g/mol. The Bertz CT molecular complexity index is 524. The van der Waals surface area contributed by atoms with E-state index >= 15 is 0 Å². The van der Waals surface area contributed by atoms with Crippen molar-refractivity contribution >= 4 is 34.5 Å². The first-order chi connectivity index (χ1) is 9.52. The van der Waals surface area contributed by atoms with E-state index in [4.69, 9.17) is 4.74 Å². The molecule has 1 saturated heterocycles. The van der Waals surface area contributed by atoms with Gasteiger partial charge in [-0.15, -0.1) is 0 Å². The van der Waals surface area contributed by atoms with E-state index in [1.165, 1.54) is 13.2 Å². The summed E-state index contributed by atoms with van der Waals surface area (Å²) in [5.41, 5.74) is 0.313. The van der Waals surface area contributed by atoms with Crippen LogP contribution in [0.5, 0.6) is 5.75 Å². The number of hydrogen-bond donors (Lipinski definition) is 1. The van der Waals surface area contributed by atoms with Crippen LogP contribution in [0, 0.1) is 9.49 Å². The molecular weight excluding hydrogens is 373 g/mol. The van der Waals surface area contributed by atoms with E-state index in [1.54, 1.807) is 17.0 Å². The first-order valence-electron chi connectivity index (χ1n) is 6.38. The van der Waals surface area contributed by atoms with E-state index in [9.17, 15) is 14.7 Å². The number of rotatable bonds is 2. The van der Waals surface area contributed by atoms with Gasteiger partial charge in [-0.2, -0.15) is 0 Å². The highest BCUT2D eigenvalue weighted by Crippen LogP contribution is 2.25. The molecule has 1 amide bonds. The van der Waals surface area contributed by atoms with Crippen LogP contribution in [0.1, 0.15) is 23.2 Å². The van der Waals surface area contributed by atoms with Crippen molar-refractivity contribution in [2.75, 3.05) is 20.2 Å². The average Bonchev–Trinajstić information content (AvgIpc) is 2.48. The number of halogens is 1. The van der Waals surface area contributed by atoms with E-state index in [-0.39, 0.29) is 23.5 Å². The lowest BCUT2D eigenvalue weighted by Crippen LogP contribution is -2.40. The number of piperidine rings is 1. The molecule has 1 aromatic rings. The topological polar surface area (TPSA) is 66.8 Å². The lowest BCUT2D eigenvalue weighted by Gasteiger charge is -2.30. The Kier molecular flexibility index (Phi) is 4.85. The molecule has 0 radical (unpaired) electrons. The van der Waals surface area contributed by atoms with Gasteiger partial charge in [0.2, 0.25) is 0 Å². The molecule has 0 atom stereocenters. The molecule has 1 N–H and O–H groups in total. The molecular formula is C14H16INO4. The molecule has 5 nitrogen and oxygen atoms in total. The second kappa shape index (κ2) is 6.43. The highest BCUT2D eigenvalue weighted by molar-refractivity contribution is 14.1. The lowest BCUT2D eigenvalue weighted by atomic mass is 9.96. The Labute approximate surface area is 131 Å². The van der Waals surface area contributed by atoms with Crippen molar-refractivity contribution < 1.29 is 19.4 Å². The van der Waals surface area contributed by atoms with Gasteiger partial charge in [-0.05, 0) is 53.6 Å². The molecule has 0 bridgehead atoms. The van der Waals surface area contributed by atoms with Gasteiger partial charge < -0.3 is 14.7 Å². The predicted octanol–water partition coefficient (Wildman–Crippen LogP) is 2.02. The standard InChI is InChI=1S/C14H16INO4/c1-20-14(19)9-4-6-16(7-5-9)13(18)11-8-10(15)2-3-12(11)17/h2-3,8-9,17H,4-7H2,1H3. The number of nitrogens with zero attached hydrogens (tertiary/aromatic N) is 1. The van der Waals surface area contributed by atoms with Gasteiger partial charge >= 0.3 is 5.97 Å². The zero-order valence-electron chi connectivity index (χ0n) is 11.1. The fraction of sp³-hybridized carbons (Fsp3) is 0.429. The number of ether oxygens (including phenoxy) is 1. The summed E-state index contributed by atoms with van der Waals surface area (Å²) in [7, 11) is 1.38. The summed E-state index contributed by atoms with van der Waals surface area (Å²) in [5.74, 6) is -0.544. The molecule has 1 aliphatic rings. The third-order valence-corrected chi connectivity index (χ3v) is 4.18. The highest BCUT2D eigenvalue weighted by Gasteiger charge is 2.29. The second-order valence-corrected chi connectivity index (χ2v) is 6.00. The second-order valence-electron chi connectivity index (χ2n) is 4.75. The molecule has 6 heteroatoms. The molecule has 0 unspecified atom stereocenters. The highest BCUT2D eigenvalue weighted by atomic mass is 127. The maximum atomic E-state index is 12.4. The third-order valence-electron chi connectivity index (χ3n) is 3.51. The molecule has 1 aliphatic heterocycles. The summed E-state index contributed by atoms with van der Waals surface area (Å²) in [6.45, 7) is 1.01. The zero-order chi connectivity index (χ0) is 14.7. The van der Waals surface area contributed by atoms with E-state index in [0.29, 0.717) is 31.5 Å². The van der Waals surface area contributed by atoms with Crippen molar-refractivity contribution in [3.63, 3.8) is 0 Å². The largest absolute Gasteiger partial charge is 0.507 e. The van der Waals surface area contributed by atoms with Crippen molar-refractivity contribution in [2.45, 2.75) is 12.8 Å². The normalized spacial score (nSPS) is 16.0. The fourth-order valence-electron chi connectivity index (χ4n) is 2.33. The molecule has 1 aromatic carbocycles. The van der Waals surface area contributed by atoms with Gasteiger partial charge in [0.15, 0.2) is 0 Å². The quantitative estimate of drug-likeness (QED) is 0.621. The molecule has 1 heterocycles. The Morgan fingerprint density at radius 2 is 2.00 bits per heavy atom. The molecule has 1 fully saturated rings. The summed E-state index contributed by atoms with van der Waals surface area (Å²) in [6.07, 6.45) is 1.20. The number of aromatic hydroxyl groups is 1. The first-order valence-corrected chi connectivity index (χ1v) is 7.46. The van der Waals surface area contributed by atoms with Crippen LogP contribution in [0.4, 0.5) is 0 Å². The number of phenols is 1. The fourth-order valence-corrected chi connectivity index (χ4v) is 2.83. The maximum Gasteiger partial charge on any atom is 0.308 e. The van der Waals surface area contributed by atoms with Crippen molar-refractivity contribution in [3.8, 4) is 5.75 Å². The van der Waals surface area contributed by atoms with E-state index < -0.39 is 0 Å². The molecule has 0 saturated carbocycles. The van der Waals surface area contributed by atoms with Gasteiger partial charge in [-0.25, -0.2) is 0 Å². The number of amides is 1. The van der Waals surface area contributed by atoms with Gasteiger partial charge in [0.25, 0.3) is 5.91 Å². The van der Waals surface area contributed by atoms with Crippen LogP contribution in [-0.4, -0.2) is 42.1 Å². The SMILES string of the molecule is COC(=O)C1CCN(C(=O)c2cc(I)ccc2O)CC1. The minimum Gasteiger partial charge on any atom is -0.507 e. The van der Waals surface area contributed by atoms with E-state index in [2.05, 4.69) is 22.6 Å². The molecule has 0 aromatic heterocycles. The zero-order valence-corrected chi connectivity index (χ0v) is 13.3. The van der Waals surface area contributed by atoms with Crippen LogP contribution in [0.3, 0.4) is 0 Å². The van der Waals surface area contributed by atoms with Crippen LogP contribution in [0.25, 0.3) is 0 Å². The minimum absolute atomic E-state index is 0.00879. The lowest BCUT2D eigenvalue weighted by molar-refractivity contribution is -0.146. The summed E-state index contributed by atoms with van der Waals surface area (Å²) in [5, 5.41) is 9.79. The summed E-state index contributed by atoms with van der Waals surface area (Å²) in [4.78, 5) is 25.5. The van der Waals surface area contributed by atoms with Gasteiger partial charge in [-0.1, -0.05) is 0 Å². The smallest absolute Gasteiger partial charge is 0.308 e. The first kappa shape index (κ1) is 15.1. The number of carbonyl (C=O) groups excluding carboxylic acids is 2. The van der Waals surface area contributed by atoms with Crippen LogP contribution in [0.2, 0.25) is 0 Å². The molecule has 0 spiro atoms. The van der Waals surface area contributed by atoms with Gasteiger partial charge in [0.1, 0.15) is 5.75 Å². The molecule has 0 aliphatic carbocycles. The van der Waals surface area contributed by atoms with Crippen LogP contribution < -0.4 is 0 Å². The Hall–Kier alpha value is -1.31. The number of benzene rings is 1. The Balaban J connectivity index is 2.05. The molecule has 2 rings (SSSR count). The van der Waals surface area contributed by atoms with Crippen molar-refractivity contribution in [3.05, 3.63) is 27.3 Å². The third kappa shape index (κ3) is 3.23. The van der Waals surface area contributed by atoms with Gasteiger partial charge in [-0.3, -0.25) is 9.59 Å². The van der Waals surface area contributed by atoms with Crippen molar-refractivity contribution in [1.29, 1.82) is 0 Å². The Morgan fingerprint density at radius 3 is 2.60 bits per heavy atom. The van der Waals surface area contributed by atoms with E-state index in [0.717, 1.165) is 3.57 Å². The number of phenolic OH excluding ortho intramolecular Hbond substituents is 1. The van der Waals surface area contributed by atoms with E-state index in [1.807, 2.05) is 0 Å². The monoisotopic (exact) mass is 389 g/mol. The Morgan fingerprint density at radius 1 is 1.35 bits per heavy atom. The van der Waals surface area contributed by atoms with Crippen molar-refractivity contribution in [2.24, 2.45) is 5.92 Å². The van der Waals surface area contributed by atoms with Crippen LogP contribution >= 0.6 is 22.6 Å². The number of likely N-dealkylation sites (tertiary alicyclic amines) is 1. The van der Waals surface area contributed by atoms with Gasteiger partial charge in [0.05, 0.1) is 18.6 Å². The number of hydrogen-bond acceptors (Lipinski definition) is 4. The molecule has 20 heavy (non-hydrogen) atoms. The minimum atomic E-state index is -0.214. The predicted molar refractivity (Wildman–Crippen MR) is 81.5 cm³/mol. The summed E-state index contributed by atoms with van der Waals surface area (Å²) >= 11 is 2.10. The van der Waals surface area contributed by atoms with Crippen LogP contribution in [0.15, 0.2) is 18.2 Å². The number of carbonyl (C=O) groups is 2. The van der Waals surface area contributed by atoms with Crippen LogP contribution in [-0.2, 0) is 9.53 Å². The number of methoxy groups -OCH3 is 1. The molecule has 108 valence electrons. The maximum absolute atomic E-state index is 12.4.